The second-order valence-electron chi connectivity index (χ2n) is 8.35. The number of hydrogen-bond acceptors (Lipinski definition) is 7. The maximum absolute atomic E-state index is 13.7. The zero-order chi connectivity index (χ0) is 23.1. The van der Waals surface area contributed by atoms with Crippen LogP contribution in [0.1, 0.15) is 47.1 Å². The Hall–Kier alpha value is -3.74. The van der Waals surface area contributed by atoms with Gasteiger partial charge in [-0.2, -0.15) is 0 Å². The third-order valence-corrected chi connectivity index (χ3v) is 6.59. The Bertz CT molecular complexity index is 1240. The van der Waals surface area contributed by atoms with Crippen molar-refractivity contribution in [3.63, 3.8) is 0 Å². The highest BCUT2D eigenvalue weighted by Gasteiger charge is 2.42. The molecule has 1 aromatic heterocycles. The molecule has 0 saturated carbocycles. The Morgan fingerprint density at radius 3 is 2.48 bits per heavy atom. The number of Topliss-reactive ketones (excluding diaryl/α,β-unsaturated/α-hetero) is 1. The topological polar surface area (TPSA) is 82.8 Å². The van der Waals surface area contributed by atoms with Gasteiger partial charge in [-0.3, -0.25) is 4.79 Å². The zero-order valence-electron chi connectivity index (χ0n) is 19.1. The molecule has 7 heteroatoms. The number of benzene rings is 2. The number of allylic oxidation sites excluding steroid dienone is 2. The van der Waals surface area contributed by atoms with Crippen LogP contribution in [0.15, 0.2) is 58.3 Å². The van der Waals surface area contributed by atoms with Crippen molar-refractivity contribution in [2.24, 2.45) is 0 Å². The summed E-state index contributed by atoms with van der Waals surface area (Å²) in [7, 11) is 4.86. The molecule has 5 rings (SSSR count). The minimum absolute atomic E-state index is 0.0630. The number of nitrogens with one attached hydrogen (secondary N) is 1. The molecule has 1 aliphatic carbocycles. The highest BCUT2D eigenvalue weighted by molar-refractivity contribution is 6.01. The summed E-state index contributed by atoms with van der Waals surface area (Å²) in [4.78, 5) is 13.7. The van der Waals surface area contributed by atoms with Gasteiger partial charge in [0, 0.05) is 23.3 Å². The fourth-order valence-corrected chi connectivity index (χ4v) is 5.03. The molecule has 7 nitrogen and oxygen atoms in total. The van der Waals surface area contributed by atoms with Crippen LogP contribution in [0.2, 0.25) is 0 Å². The lowest BCUT2D eigenvalue weighted by Crippen LogP contribution is -2.29. The predicted molar refractivity (Wildman–Crippen MR) is 123 cm³/mol. The molecule has 0 bridgehead atoms. The third kappa shape index (κ3) is 3.44. The second kappa shape index (κ2) is 8.31. The first-order valence-electron chi connectivity index (χ1n) is 10.9. The highest BCUT2D eigenvalue weighted by atomic mass is 16.5. The van der Waals surface area contributed by atoms with Crippen molar-refractivity contribution in [1.82, 2.24) is 5.16 Å². The monoisotopic (exact) mass is 446 g/mol. The number of carbonyl (C=O) groups excluding carboxylic acids is 1. The zero-order valence-corrected chi connectivity index (χ0v) is 19.1. The van der Waals surface area contributed by atoms with Gasteiger partial charge < -0.3 is 24.1 Å². The van der Waals surface area contributed by atoms with Crippen molar-refractivity contribution in [2.45, 2.75) is 31.6 Å². The average Bonchev–Trinajstić information content (AvgIpc) is 3.22. The fourth-order valence-electron chi connectivity index (χ4n) is 5.03. The van der Waals surface area contributed by atoms with Gasteiger partial charge in [-0.15, -0.1) is 0 Å². The van der Waals surface area contributed by atoms with Crippen molar-refractivity contribution in [3.05, 3.63) is 76.1 Å². The van der Waals surface area contributed by atoms with E-state index in [4.69, 9.17) is 18.7 Å². The number of ketones is 1. The number of aryl methyl sites for hydroxylation is 1. The summed E-state index contributed by atoms with van der Waals surface area (Å²) in [6, 6.07) is 13.6. The molecular weight excluding hydrogens is 420 g/mol. The Morgan fingerprint density at radius 2 is 1.79 bits per heavy atom. The SMILES string of the molecule is COc1ccc(C2CC(=O)C3=C(C2)Nc2onc(C)c2C3c2cccc(OC)c2OC)cc1. The molecule has 33 heavy (non-hydrogen) atoms. The van der Waals surface area contributed by atoms with E-state index in [1.165, 1.54) is 0 Å². The van der Waals surface area contributed by atoms with Crippen LogP contribution in [0.5, 0.6) is 17.2 Å². The van der Waals surface area contributed by atoms with Crippen molar-refractivity contribution < 1.29 is 23.5 Å². The quantitative estimate of drug-likeness (QED) is 0.593. The molecule has 0 fully saturated rings. The lowest BCUT2D eigenvalue weighted by Gasteiger charge is -2.35. The van der Waals surface area contributed by atoms with E-state index >= 15 is 0 Å². The second-order valence-corrected chi connectivity index (χ2v) is 8.35. The number of methoxy groups -OCH3 is 3. The largest absolute Gasteiger partial charge is 0.497 e. The van der Waals surface area contributed by atoms with Crippen LogP contribution in [-0.2, 0) is 4.79 Å². The Labute approximate surface area is 192 Å². The first-order chi connectivity index (χ1) is 16.0. The number of rotatable bonds is 5. The van der Waals surface area contributed by atoms with Crippen LogP contribution in [0.3, 0.4) is 0 Å². The van der Waals surface area contributed by atoms with Crippen molar-refractivity contribution in [3.8, 4) is 17.2 Å². The van der Waals surface area contributed by atoms with Gasteiger partial charge in [0.05, 0.1) is 38.5 Å². The number of para-hydroxylation sites is 1. The summed E-state index contributed by atoms with van der Waals surface area (Å²) in [5.74, 6) is 2.41. The van der Waals surface area contributed by atoms with Crippen LogP contribution >= 0.6 is 0 Å². The highest BCUT2D eigenvalue weighted by Crippen LogP contribution is 2.52. The predicted octanol–water partition coefficient (Wildman–Crippen LogP) is 4.97. The molecule has 2 aromatic carbocycles. The molecule has 170 valence electrons. The molecule has 2 heterocycles. The molecule has 0 spiro atoms. The van der Waals surface area contributed by atoms with Crippen molar-refractivity contribution >= 4 is 11.7 Å². The van der Waals surface area contributed by atoms with E-state index in [0.717, 1.165) is 39.4 Å². The lowest BCUT2D eigenvalue weighted by atomic mass is 9.72. The number of ether oxygens (including phenoxy) is 3. The van der Waals surface area contributed by atoms with E-state index in [0.29, 0.717) is 30.2 Å². The summed E-state index contributed by atoms with van der Waals surface area (Å²) in [6.07, 6.45) is 1.12. The maximum atomic E-state index is 13.7. The van der Waals surface area contributed by atoms with Gasteiger partial charge in [-0.05, 0) is 43.0 Å². The third-order valence-electron chi connectivity index (χ3n) is 6.59. The first-order valence-corrected chi connectivity index (χ1v) is 10.9. The Balaban J connectivity index is 1.63. The summed E-state index contributed by atoms with van der Waals surface area (Å²) in [5, 5.41) is 7.56. The molecule has 0 amide bonds. The van der Waals surface area contributed by atoms with Gasteiger partial charge >= 0.3 is 0 Å². The van der Waals surface area contributed by atoms with Crippen LogP contribution in [0.25, 0.3) is 0 Å². The van der Waals surface area contributed by atoms with Gasteiger partial charge in [0.2, 0.25) is 5.88 Å². The Morgan fingerprint density at radius 1 is 1.00 bits per heavy atom. The number of anilines is 1. The van der Waals surface area contributed by atoms with Crippen LogP contribution in [0.4, 0.5) is 5.88 Å². The molecule has 0 radical (unpaired) electrons. The van der Waals surface area contributed by atoms with E-state index in [1.807, 2.05) is 49.4 Å². The maximum Gasteiger partial charge on any atom is 0.233 e. The van der Waals surface area contributed by atoms with Gasteiger partial charge in [-0.1, -0.05) is 29.4 Å². The minimum atomic E-state index is -0.350. The number of fused-ring (bicyclic) bond motifs is 1. The van der Waals surface area contributed by atoms with Crippen molar-refractivity contribution in [2.75, 3.05) is 26.6 Å². The van der Waals surface area contributed by atoms with E-state index < -0.39 is 0 Å². The molecule has 3 aromatic rings. The van der Waals surface area contributed by atoms with E-state index in [-0.39, 0.29) is 17.6 Å². The molecule has 2 unspecified atom stereocenters. The number of aromatic nitrogens is 1. The Kier molecular flexibility index (Phi) is 5.32. The van der Waals surface area contributed by atoms with Gasteiger partial charge in [-0.25, -0.2) is 0 Å². The number of nitrogens with zero attached hydrogens (tertiary/aromatic N) is 1. The van der Waals surface area contributed by atoms with E-state index in [2.05, 4.69) is 10.5 Å². The standard InChI is InChI=1S/C26H26N2O5/c1-14-22-23(18-6-5-7-21(31-3)25(18)32-4)24-19(27-26(22)33-28-14)12-16(13-20(24)29)15-8-10-17(30-2)11-9-15/h5-11,16,23,27H,12-13H2,1-4H3. The normalized spacial score (nSPS) is 19.5. The summed E-state index contributed by atoms with van der Waals surface area (Å²) in [5.41, 5.74) is 5.17. The summed E-state index contributed by atoms with van der Waals surface area (Å²) in [6.45, 7) is 1.89. The fraction of sp³-hybridized carbons (Fsp3) is 0.308. The van der Waals surface area contributed by atoms with Crippen molar-refractivity contribution in [1.29, 1.82) is 0 Å². The first kappa shape index (κ1) is 21.1. The van der Waals surface area contributed by atoms with E-state index in [1.54, 1.807) is 21.3 Å². The van der Waals surface area contributed by atoms with Gasteiger partial charge in [0.1, 0.15) is 5.75 Å². The number of hydrogen-bond donors (Lipinski definition) is 1. The lowest BCUT2D eigenvalue weighted by molar-refractivity contribution is -0.116. The molecule has 0 saturated heterocycles. The average molecular weight is 447 g/mol. The number of carbonyl (C=O) groups is 1. The van der Waals surface area contributed by atoms with Gasteiger partial charge in [0.15, 0.2) is 17.3 Å². The molecule has 1 aliphatic heterocycles. The minimum Gasteiger partial charge on any atom is -0.497 e. The van der Waals surface area contributed by atoms with Crippen LogP contribution in [-0.4, -0.2) is 32.3 Å². The van der Waals surface area contributed by atoms with E-state index in [9.17, 15) is 4.79 Å². The summed E-state index contributed by atoms with van der Waals surface area (Å²) >= 11 is 0. The van der Waals surface area contributed by atoms with Crippen LogP contribution in [0, 0.1) is 6.92 Å². The van der Waals surface area contributed by atoms with Crippen LogP contribution < -0.4 is 19.5 Å². The summed E-state index contributed by atoms with van der Waals surface area (Å²) < 4.78 is 22.2. The molecular formula is C26H26N2O5. The smallest absolute Gasteiger partial charge is 0.233 e. The molecule has 2 aliphatic rings. The van der Waals surface area contributed by atoms with Gasteiger partial charge in [0.25, 0.3) is 0 Å². The molecule has 1 N–H and O–H groups in total. The molecule has 2 atom stereocenters.